The second-order valence-electron chi connectivity index (χ2n) is 6.08. The predicted octanol–water partition coefficient (Wildman–Crippen LogP) is 3.13. The largest absolute Gasteiger partial charge is 0.356 e. The molecule has 0 radical (unpaired) electrons. The van der Waals surface area contributed by atoms with Gasteiger partial charge in [0.05, 0.1) is 4.92 Å². The molecule has 0 unspecified atom stereocenters. The van der Waals surface area contributed by atoms with Gasteiger partial charge in [0, 0.05) is 30.1 Å². The molecule has 0 atom stereocenters. The van der Waals surface area contributed by atoms with Crippen LogP contribution in [0, 0.1) is 15.5 Å². The topological polar surface area (TPSA) is 101 Å². The van der Waals surface area contributed by atoms with Gasteiger partial charge in [-0.05, 0) is 18.6 Å². The predicted molar refractivity (Wildman–Crippen MR) is 88.4 cm³/mol. The van der Waals surface area contributed by atoms with Crippen molar-refractivity contribution in [2.75, 3.05) is 11.9 Å². The first kappa shape index (κ1) is 18.9. The molecule has 1 rings (SSSR count). The molecule has 1 aromatic rings. The Morgan fingerprint density at radius 2 is 1.96 bits per heavy atom. The molecule has 8 heteroatoms. The maximum Gasteiger partial charge on any atom is 0.288 e. The second kappa shape index (κ2) is 7.92. The van der Waals surface area contributed by atoms with Gasteiger partial charge in [0.1, 0.15) is 5.02 Å². The Balaban J connectivity index is 2.41. The number of amides is 2. The lowest BCUT2D eigenvalue weighted by Crippen LogP contribution is -2.35. The molecule has 0 saturated heterocycles. The first-order valence-corrected chi connectivity index (χ1v) is 7.51. The minimum Gasteiger partial charge on any atom is -0.356 e. The van der Waals surface area contributed by atoms with Crippen LogP contribution in [-0.2, 0) is 9.59 Å². The minimum atomic E-state index is -0.591. The van der Waals surface area contributed by atoms with E-state index in [0.29, 0.717) is 18.7 Å². The van der Waals surface area contributed by atoms with Crippen molar-refractivity contribution in [1.82, 2.24) is 5.32 Å². The van der Waals surface area contributed by atoms with E-state index in [9.17, 15) is 19.7 Å². The average Bonchev–Trinajstić information content (AvgIpc) is 2.41. The first-order chi connectivity index (χ1) is 10.6. The van der Waals surface area contributed by atoms with E-state index in [1.165, 1.54) is 18.2 Å². The highest BCUT2D eigenvalue weighted by atomic mass is 35.5. The van der Waals surface area contributed by atoms with Gasteiger partial charge < -0.3 is 10.6 Å². The van der Waals surface area contributed by atoms with Crippen LogP contribution in [0.3, 0.4) is 0 Å². The van der Waals surface area contributed by atoms with Crippen LogP contribution in [0.4, 0.5) is 11.4 Å². The Bertz CT molecular complexity index is 611. The van der Waals surface area contributed by atoms with Crippen molar-refractivity contribution in [3.05, 3.63) is 33.3 Å². The molecule has 0 aliphatic carbocycles. The number of hydrogen-bond donors (Lipinski definition) is 2. The van der Waals surface area contributed by atoms with Crippen LogP contribution in [0.2, 0.25) is 5.02 Å². The third-order valence-corrected chi connectivity index (χ3v) is 3.28. The number of carbonyl (C=O) groups excluding carboxylic acids is 2. The fourth-order valence-electron chi connectivity index (χ4n) is 1.67. The van der Waals surface area contributed by atoms with E-state index < -0.39 is 10.3 Å². The van der Waals surface area contributed by atoms with Crippen LogP contribution < -0.4 is 10.6 Å². The number of rotatable bonds is 6. The van der Waals surface area contributed by atoms with Crippen LogP contribution in [0.15, 0.2) is 18.2 Å². The van der Waals surface area contributed by atoms with Crippen LogP contribution in [0.25, 0.3) is 0 Å². The van der Waals surface area contributed by atoms with Crippen molar-refractivity contribution in [3.8, 4) is 0 Å². The molecule has 2 N–H and O–H groups in total. The van der Waals surface area contributed by atoms with Crippen LogP contribution in [-0.4, -0.2) is 23.3 Å². The SMILES string of the molecule is CC(C)(C)C(=O)NCCCC(=O)Nc1ccc([N+](=O)[O-])c(Cl)c1. The van der Waals surface area contributed by atoms with E-state index in [-0.39, 0.29) is 28.9 Å². The molecular weight excluding hydrogens is 322 g/mol. The number of nitro groups is 1. The molecule has 0 spiro atoms. The zero-order valence-electron chi connectivity index (χ0n) is 13.3. The Kier molecular flexibility index (Phi) is 6.50. The standard InChI is InChI=1S/C15H20ClN3O4/c1-15(2,3)14(21)17-8-4-5-13(20)18-10-6-7-12(19(22)23)11(16)9-10/h6-7,9H,4-5,8H2,1-3H3,(H,17,21)(H,18,20). The van der Waals surface area contributed by atoms with Crippen LogP contribution >= 0.6 is 11.6 Å². The molecule has 0 heterocycles. The van der Waals surface area contributed by atoms with Gasteiger partial charge in [0.2, 0.25) is 11.8 Å². The van der Waals surface area contributed by atoms with E-state index in [0.717, 1.165) is 0 Å². The van der Waals surface area contributed by atoms with Crippen molar-refractivity contribution in [2.24, 2.45) is 5.41 Å². The van der Waals surface area contributed by atoms with Crippen molar-refractivity contribution in [3.63, 3.8) is 0 Å². The molecule has 7 nitrogen and oxygen atoms in total. The van der Waals surface area contributed by atoms with Crippen molar-refractivity contribution < 1.29 is 14.5 Å². The number of halogens is 1. The van der Waals surface area contributed by atoms with E-state index in [4.69, 9.17) is 11.6 Å². The summed E-state index contributed by atoms with van der Waals surface area (Å²) < 4.78 is 0. The van der Waals surface area contributed by atoms with Gasteiger partial charge in [-0.2, -0.15) is 0 Å². The van der Waals surface area contributed by atoms with Crippen LogP contribution in [0.1, 0.15) is 33.6 Å². The van der Waals surface area contributed by atoms with E-state index in [1.807, 2.05) is 20.8 Å². The van der Waals surface area contributed by atoms with Gasteiger partial charge in [0.15, 0.2) is 0 Å². The zero-order chi connectivity index (χ0) is 17.6. The summed E-state index contributed by atoms with van der Waals surface area (Å²) in [6.45, 7) is 5.85. The lowest BCUT2D eigenvalue weighted by atomic mass is 9.96. The normalized spacial score (nSPS) is 11.0. The number of carbonyl (C=O) groups is 2. The van der Waals surface area contributed by atoms with Gasteiger partial charge >= 0.3 is 0 Å². The fourth-order valence-corrected chi connectivity index (χ4v) is 1.92. The average molecular weight is 342 g/mol. The summed E-state index contributed by atoms with van der Waals surface area (Å²) >= 11 is 5.77. The lowest BCUT2D eigenvalue weighted by Gasteiger charge is -2.17. The molecule has 0 bridgehead atoms. The molecular formula is C15H20ClN3O4. The molecule has 0 aliphatic heterocycles. The lowest BCUT2D eigenvalue weighted by molar-refractivity contribution is -0.384. The molecule has 0 fully saturated rings. The number of nitro benzene ring substituents is 1. The van der Waals surface area contributed by atoms with E-state index in [1.54, 1.807) is 0 Å². The number of hydrogen-bond acceptors (Lipinski definition) is 4. The van der Waals surface area contributed by atoms with E-state index in [2.05, 4.69) is 10.6 Å². The number of anilines is 1. The second-order valence-corrected chi connectivity index (χ2v) is 6.49. The van der Waals surface area contributed by atoms with Gasteiger partial charge in [-0.15, -0.1) is 0 Å². The fraction of sp³-hybridized carbons (Fsp3) is 0.467. The third kappa shape index (κ3) is 6.23. The van der Waals surface area contributed by atoms with Gasteiger partial charge in [-0.1, -0.05) is 32.4 Å². The Morgan fingerprint density at radius 1 is 1.30 bits per heavy atom. The van der Waals surface area contributed by atoms with Crippen molar-refractivity contribution in [1.29, 1.82) is 0 Å². The third-order valence-electron chi connectivity index (χ3n) is 2.98. The number of nitrogens with zero attached hydrogens (tertiary/aromatic N) is 1. The summed E-state index contributed by atoms with van der Waals surface area (Å²) in [7, 11) is 0. The number of benzene rings is 1. The van der Waals surface area contributed by atoms with Crippen molar-refractivity contribution >= 4 is 34.8 Å². The van der Waals surface area contributed by atoms with E-state index >= 15 is 0 Å². The van der Waals surface area contributed by atoms with Gasteiger partial charge in [-0.25, -0.2) is 0 Å². The maximum atomic E-state index is 11.8. The monoisotopic (exact) mass is 341 g/mol. The van der Waals surface area contributed by atoms with Crippen LogP contribution in [0.5, 0.6) is 0 Å². The molecule has 2 amide bonds. The molecule has 0 aliphatic rings. The highest BCUT2D eigenvalue weighted by molar-refractivity contribution is 6.33. The molecule has 1 aromatic carbocycles. The van der Waals surface area contributed by atoms with Crippen molar-refractivity contribution in [2.45, 2.75) is 33.6 Å². The summed E-state index contributed by atoms with van der Waals surface area (Å²) in [5.41, 5.74) is -0.281. The summed E-state index contributed by atoms with van der Waals surface area (Å²) in [6.07, 6.45) is 0.716. The molecule has 0 saturated carbocycles. The minimum absolute atomic E-state index is 0.0368. The number of nitrogens with one attached hydrogen (secondary N) is 2. The van der Waals surface area contributed by atoms with Gasteiger partial charge in [0.25, 0.3) is 5.69 Å². The Hall–Kier alpha value is -2.15. The smallest absolute Gasteiger partial charge is 0.288 e. The summed E-state index contributed by atoms with van der Waals surface area (Å²) in [4.78, 5) is 33.5. The summed E-state index contributed by atoms with van der Waals surface area (Å²) in [5.74, 6) is -0.319. The zero-order valence-corrected chi connectivity index (χ0v) is 14.1. The highest BCUT2D eigenvalue weighted by Gasteiger charge is 2.20. The highest BCUT2D eigenvalue weighted by Crippen LogP contribution is 2.27. The molecule has 126 valence electrons. The first-order valence-electron chi connectivity index (χ1n) is 7.13. The maximum absolute atomic E-state index is 11.8. The molecule has 23 heavy (non-hydrogen) atoms. The molecule has 0 aromatic heterocycles. The van der Waals surface area contributed by atoms with Gasteiger partial charge in [-0.3, -0.25) is 19.7 Å². The Morgan fingerprint density at radius 3 is 2.48 bits per heavy atom. The summed E-state index contributed by atoms with van der Waals surface area (Å²) in [5, 5.41) is 16.0. The Labute approximate surface area is 139 Å². The quantitative estimate of drug-likeness (QED) is 0.471. The summed E-state index contributed by atoms with van der Waals surface area (Å²) in [6, 6.07) is 3.99.